The van der Waals surface area contributed by atoms with Gasteiger partial charge in [-0.15, -0.1) is 0 Å². The number of hydrogen-bond acceptors (Lipinski definition) is 5. The van der Waals surface area contributed by atoms with Crippen LogP contribution in [0.5, 0.6) is 0 Å². The van der Waals surface area contributed by atoms with Crippen molar-refractivity contribution >= 4 is 15.5 Å². The van der Waals surface area contributed by atoms with Crippen molar-refractivity contribution in [1.82, 2.24) is 4.90 Å². The number of hydrogen-bond donors (Lipinski definition) is 0. The number of alkyl halides is 2. The molecule has 2 rings (SSSR count). The van der Waals surface area contributed by atoms with Gasteiger partial charge in [-0.05, 0) is 26.0 Å². The fraction of sp³-hybridized carbons (Fsp3) is 0.625. The molecule has 24 heavy (non-hydrogen) atoms. The molecule has 0 aliphatic carbocycles. The van der Waals surface area contributed by atoms with Gasteiger partial charge < -0.3 is 9.64 Å². The van der Waals surface area contributed by atoms with E-state index in [0.29, 0.717) is 18.8 Å². The molecular weight excluding hydrogens is 338 g/mol. The van der Waals surface area contributed by atoms with E-state index < -0.39 is 15.6 Å². The minimum atomic E-state index is -4.62. The van der Waals surface area contributed by atoms with E-state index in [2.05, 4.69) is 4.90 Å². The number of ether oxygens (including phenoxy) is 1. The monoisotopic (exact) mass is 362 g/mol. The molecule has 0 unspecified atom stereocenters. The lowest BCUT2D eigenvalue weighted by molar-refractivity contribution is -0.0670. The average molecular weight is 362 g/mol. The summed E-state index contributed by atoms with van der Waals surface area (Å²) in [7, 11) is -2.91. The van der Waals surface area contributed by atoms with Crippen molar-refractivity contribution in [2.75, 3.05) is 38.1 Å². The standard InChI is InChI=1S/C16H24F2N2O3S/c1-12-10-20(11-13(2)23-12)9-8-19(3)14-6-4-5-7-15(14)24(21,22)16(17)18/h4-7,12-13,16H,8-11H2,1-3H3/t12-,13+. The molecule has 0 aromatic heterocycles. The van der Waals surface area contributed by atoms with E-state index in [1.165, 1.54) is 12.1 Å². The number of rotatable bonds is 6. The van der Waals surface area contributed by atoms with E-state index in [1.807, 2.05) is 13.8 Å². The van der Waals surface area contributed by atoms with Crippen LogP contribution >= 0.6 is 0 Å². The smallest absolute Gasteiger partial charge is 0.341 e. The number of morpholine rings is 1. The fourth-order valence-corrected chi connectivity index (χ4v) is 3.96. The van der Waals surface area contributed by atoms with Gasteiger partial charge in [0.25, 0.3) is 0 Å². The quantitative estimate of drug-likeness (QED) is 0.777. The molecule has 1 saturated heterocycles. The normalized spacial score (nSPS) is 22.8. The van der Waals surface area contributed by atoms with Crippen molar-refractivity contribution in [3.05, 3.63) is 24.3 Å². The SMILES string of the molecule is C[C@@H]1CN(CCN(C)c2ccccc2S(=O)(=O)C(F)F)C[C@H](C)O1. The van der Waals surface area contributed by atoms with Crippen LogP contribution < -0.4 is 4.90 Å². The highest BCUT2D eigenvalue weighted by Crippen LogP contribution is 2.28. The van der Waals surface area contributed by atoms with Gasteiger partial charge in [0, 0.05) is 33.2 Å². The van der Waals surface area contributed by atoms with Crippen LogP contribution in [-0.2, 0) is 14.6 Å². The summed E-state index contributed by atoms with van der Waals surface area (Å²) in [5.41, 5.74) is 0.298. The van der Waals surface area contributed by atoms with Gasteiger partial charge in [0.1, 0.15) is 0 Å². The van der Waals surface area contributed by atoms with Crippen molar-refractivity contribution < 1.29 is 21.9 Å². The van der Waals surface area contributed by atoms with Crippen LogP contribution in [0.1, 0.15) is 13.8 Å². The van der Waals surface area contributed by atoms with Gasteiger partial charge in [-0.3, -0.25) is 4.90 Å². The number of benzene rings is 1. The first-order chi connectivity index (χ1) is 11.2. The maximum atomic E-state index is 12.9. The molecule has 0 amide bonds. The summed E-state index contributed by atoms with van der Waals surface area (Å²) < 4.78 is 55.1. The highest BCUT2D eigenvalue weighted by atomic mass is 32.2. The first-order valence-corrected chi connectivity index (χ1v) is 9.46. The van der Waals surface area contributed by atoms with Gasteiger partial charge in [0.15, 0.2) is 0 Å². The Morgan fingerprint density at radius 2 is 1.83 bits per heavy atom. The second kappa shape index (κ2) is 7.76. The molecule has 8 heteroatoms. The lowest BCUT2D eigenvalue weighted by Crippen LogP contribution is -2.47. The van der Waals surface area contributed by atoms with Crippen molar-refractivity contribution in [1.29, 1.82) is 0 Å². The van der Waals surface area contributed by atoms with E-state index in [0.717, 1.165) is 13.1 Å². The Labute approximate surface area is 142 Å². The summed E-state index contributed by atoms with van der Waals surface area (Å²) in [5, 5.41) is 0. The second-order valence-electron chi connectivity index (χ2n) is 6.21. The third-order valence-corrected chi connectivity index (χ3v) is 5.49. The predicted octanol–water partition coefficient (Wildman–Crippen LogP) is 2.23. The van der Waals surface area contributed by atoms with Crippen molar-refractivity contribution in [3.8, 4) is 0 Å². The van der Waals surface area contributed by atoms with Crippen LogP contribution in [0.25, 0.3) is 0 Å². The molecule has 1 aliphatic rings. The van der Waals surface area contributed by atoms with Crippen molar-refractivity contribution in [2.45, 2.75) is 36.7 Å². The zero-order valence-electron chi connectivity index (χ0n) is 14.2. The Hall–Kier alpha value is -1.25. The summed E-state index contributed by atoms with van der Waals surface area (Å²) in [5.74, 6) is -3.42. The summed E-state index contributed by atoms with van der Waals surface area (Å²) in [6.07, 6.45) is 0.288. The number of likely N-dealkylation sites (N-methyl/N-ethyl adjacent to an activating group) is 1. The molecule has 1 aromatic carbocycles. The Bertz CT molecular complexity index is 644. The highest BCUT2D eigenvalue weighted by Gasteiger charge is 2.30. The van der Waals surface area contributed by atoms with E-state index >= 15 is 0 Å². The van der Waals surface area contributed by atoms with Gasteiger partial charge in [0.2, 0.25) is 9.84 Å². The molecule has 0 bridgehead atoms. The van der Waals surface area contributed by atoms with E-state index in [9.17, 15) is 17.2 Å². The van der Waals surface area contributed by atoms with Gasteiger partial charge in [-0.2, -0.15) is 8.78 Å². The Morgan fingerprint density at radius 1 is 1.25 bits per heavy atom. The molecule has 0 saturated carbocycles. The maximum absolute atomic E-state index is 12.9. The number of nitrogens with zero attached hydrogens (tertiary/aromatic N) is 2. The van der Waals surface area contributed by atoms with Gasteiger partial charge in [-0.1, -0.05) is 12.1 Å². The van der Waals surface area contributed by atoms with E-state index in [-0.39, 0.29) is 17.1 Å². The Balaban J connectivity index is 2.09. The molecule has 1 fully saturated rings. The molecular formula is C16H24F2N2O3S. The fourth-order valence-electron chi connectivity index (χ4n) is 2.99. The Morgan fingerprint density at radius 3 is 2.42 bits per heavy atom. The zero-order chi connectivity index (χ0) is 17.9. The second-order valence-corrected chi connectivity index (χ2v) is 8.10. The number of para-hydroxylation sites is 1. The van der Waals surface area contributed by atoms with E-state index in [4.69, 9.17) is 4.74 Å². The lowest BCUT2D eigenvalue weighted by atomic mass is 10.2. The summed E-state index contributed by atoms with van der Waals surface area (Å²) >= 11 is 0. The van der Waals surface area contributed by atoms with Crippen LogP contribution in [0.2, 0.25) is 0 Å². The van der Waals surface area contributed by atoms with Gasteiger partial charge in [-0.25, -0.2) is 8.42 Å². The summed E-state index contributed by atoms with van der Waals surface area (Å²) in [6.45, 7) is 6.87. The molecule has 0 spiro atoms. The third kappa shape index (κ3) is 4.43. The first-order valence-electron chi connectivity index (χ1n) is 7.92. The molecule has 1 aromatic rings. The van der Waals surface area contributed by atoms with Crippen LogP contribution in [0, 0.1) is 0 Å². The van der Waals surface area contributed by atoms with Gasteiger partial charge in [0.05, 0.1) is 22.8 Å². The van der Waals surface area contributed by atoms with Crippen LogP contribution in [0.3, 0.4) is 0 Å². The molecule has 0 N–H and O–H groups in total. The topological polar surface area (TPSA) is 49.9 Å². The number of sulfone groups is 1. The third-order valence-electron chi connectivity index (χ3n) is 4.06. The molecule has 1 heterocycles. The van der Waals surface area contributed by atoms with Crippen molar-refractivity contribution in [3.63, 3.8) is 0 Å². The van der Waals surface area contributed by atoms with Crippen molar-refractivity contribution in [2.24, 2.45) is 0 Å². The van der Waals surface area contributed by atoms with Gasteiger partial charge >= 0.3 is 5.76 Å². The Kier molecular flexibility index (Phi) is 6.17. The number of halogens is 2. The summed E-state index contributed by atoms with van der Waals surface area (Å²) in [6, 6.07) is 5.89. The molecule has 0 radical (unpaired) electrons. The minimum Gasteiger partial charge on any atom is -0.373 e. The van der Waals surface area contributed by atoms with E-state index in [1.54, 1.807) is 24.1 Å². The van der Waals surface area contributed by atoms with Crippen LogP contribution in [0.15, 0.2) is 29.2 Å². The molecule has 1 aliphatic heterocycles. The van der Waals surface area contributed by atoms with Crippen LogP contribution in [-0.4, -0.2) is 64.5 Å². The average Bonchev–Trinajstić information content (AvgIpc) is 2.51. The highest BCUT2D eigenvalue weighted by molar-refractivity contribution is 7.91. The largest absolute Gasteiger partial charge is 0.373 e. The maximum Gasteiger partial charge on any atom is 0.341 e. The zero-order valence-corrected chi connectivity index (χ0v) is 15.0. The number of anilines is 1. The summed E-state index contributed by atoms with van der Waals surface area (Å²) in [4.78, 5) is 3.62. The predicted molar refractivity (Wildman–Crippen MR) is 89.4 cm³/mol. The first kappa shape index (κ1) is 19.1. The van der Waals surface area contributed by atoms with Crippen LogP contribution in [0.4, 0.5) is 14.5 Å². The molecule has 2 atom stereocenters. The lowest BCUT2D eigenvalue weighted by Gasteiger charge is -2.36. The molecule has 5 nitrogen and oxygen atoms in total. The minimum absolute atomic E-state index is 0.144. The molecule has 136 valence electrons.